The van der Waals surface area contributed by atoms with Crippen LogP contribution in [-0.2, 0) is 13.0 Å². The topological polar surface area (TPSA) is 29.9 Å². The number of hydrogen-bond donors (Lipinski definition) is 1. The van der Waals surface area contributed by atoms with Gasteiger partial charge >= 0.3 is 0 Å². The highest BCUT2D eigenvalue weighted by Gasteiger charge is 2.14. The number of hydrogen-bond acceptors (Lipinski definition) is 2. The van der Waals surface area contributed by atoms with Crippen molar-refractivity contribution in [2.75, 3.05) is 6.54 Å². The minimum absolute atomic E-state index is 0.280. The van der Waals surface area contributed by atoms with E-state index in [1.54, 1.807) is 0 Å². The van der Waals surface area contributed by atoms with E-state index < -0.39 is 0 Å². The summed E-state index contributed by atoms with van der Waals surface area (Å²) in [6.45, 7) is 12.8. The van der Waals surface area contributed by atoms with Crippen molar-refractivity contribution >= 4 is 0 Å². The van der Waals surface area contributed by atoms with Gasteiger partial charge in [-0.15, -0.1) is 0 Å². The summed E-state index contributed by atoms with van der Waals surface area (Å²) < 4.78 is 2.12. The Labute approximate surface area is 111 Å². The van der Waals surface area contributed by atoms with Gasteiger partial charge in [-0.2, -0.15) is 5.10 Å². The zero-order valence-electron chi connectivity index (χ0n) is 12.5. The molecule has 0 spiro atoms. The Hall–Kier alpha value is -1.09. The molecule has 0 aliphatic rings. The van der Waals surface area contributed by atoms with E-state index in [0.29, 0.717) is 0 Å². The van der Waals surface area contributed by atoms with Crippen LogP contribution >= 0.6 is 0 Å². The van der Waals surface area contributed by atoms with Gasteiger partial charge in [0.2, 0.25) is 0 Å². The third-order valence-corrected chi connectivity index (χ3v) is 2.96. The van der Waals surface area contributed by atoms with Gasteiger partial charge in [-0.05, 0) is 46.2 Å². The molecule has 1 aromatic heterocycles. The quantitative estimate of drug-likeness (QED) is 0.750. The molecule has 3 heteroatoms. The second-order valence-electron chi connectivity index (χ2n) is 4.91. The minimum atomic E-state index is 0.280. The van der Waals surface area contributed by atoms with E-state index in [0.717, 1.165) is 25.9 Å². The highest BCUT2D eigenvalue weighted by molar-refractivity contribution is 5.20. The Morgan fingerprint density at radius 1 is 1.39 bits per heavy atom. The van der Waals surface area contributed by atoms with Gasteiger partial charge in [-0.25, -0.2) is 0 Å². The summed E-state index contributed by atoms with van der Waals surface area (Å²) in [6, 6.07) is 2.51. The molecule has 0 fully saturated rings. The Bertz CT molecular complexity index is 386. The lowest BCUT2D eigenvalue weighted by atomic mass is 10.1. The summed E-state index contributed by atoms with van der Waals surface area (Å²) in [5, 5.41) is 8.22. The van der Waals surface area contributed by atoms with Crippen LogP contribution in [0.15, 0.2) is 17.7 Å². The van der Waals surface area contributed by atoms with Crippen molar-refractivity contribution in [2.24, 2.45) is 0 Å². The first-order chi connectivity index (χ1) is 8.62. The number of aromatic nitrogens is 2. The van der Waals surface area contributed by atoms with Gasteiger partial charge in [0.25, 0.3) is 0 Å². The highest BCUT2D eigenvalue weighted by Crippen LogP contribution is 2.18. The summed E-state index contributed by atoms with van der Waals surface area (Å²) in [6.07, 6.45) is 4.43. The number of nitrogens with zero attached hydrogens (tertiary/aromatic N) is 2. The molecule has 102 valence electrons. The maximum Gasteiger partial charge on any atom is 0.0680 e. The smallest absolute Gasteiger partial charge is 0.0680 e. The van der Waals surface area contributed by atoms with Gasteiger partial charge in [-0.1, -0.05) is 25.5 Å². The largest absolute Gasteiger partial charge is 0.305 e. The van der Waals surface area contributed by atoms with Crippen molar-refractivity contribution in [2.45, 2.75) is 60.0 Å². The fraction of sp³-hybridized carbons (Fsp3) is 0.667. The van der Waals surface area contributed by atoms with Crippen molar-refractivity contribution in [1.82, 2.24) is 15.1 Å². The fourth-order valence-corrected chi connectivity index (χ4v) is 2.05. The van der Waals surface area contributed by atoms with Crippen molar-refractivity contribution < 1.29 is 0 Å². The van der Waals surface area contributed by atoms with Crippen LogP contribution in [0.2, 0.25) is 0 Å². The van der Waals surface area contributed by atoms with Crippen molar-refractivity contribution in [3.8, 4) is 0 Å². The second kappa shape index (κ2) is 7.37. The lowest BCUT2D eigenvalue weighted by Crippen LogP contribution is -2.23. The van der Waals surface area contributed by atoms with Crippen molar-refractivity contribution in [1.29, 1.82) is 0 Å². The molecule has 1 heterocycles. The molecule has 0 aliphatic carbocycles. The molecule has 1 unspecified atom stereocenters. The molecule has 1 N–H and O–H groups in total. The molecule has 0 aromatic carbocycles. The molecule has 18 heavy (non-hydrogen) atoms. The first-order valence-corrected chi connectivity index (χ1v) is 7.07. The number of nitrogens with one attached hydrogen (secondary N) is 1. The van der Waals surface area contributed by atoms with Gasteiger partial charge in [0.15, 0.2) is 0 Å². The molecular weight excluding hydrogens is 222 g/mol. The zero-order valence-corrected chi connectivity index (χ0v) is 12.5. The predicted octanol–water partition coefficient (Wildman–Crippen LogP) is 3.47. The third-order valence-electron chi connectivity index (χ3n) is 2.96. The zero-order chi connectivity index (χ0) is 13.5. The second-order valence-corrected chi connectivity index (χ2v) is 4.91. The lowest BCUT2D eigenvalue weighted by Gasteiger charge is -2.16. The van der Waals surface area contributed by atoms with E-state index in [2.05, 4.69) is 61.9 Å². The first kappa shape index (κ1) is 15.0. The molecule has 0 bridgehead atoms. The van der Waals surface area contributed by atoms with Crippen LogP contribution in [0.25, 0.3) is 0 Å². The van der Waals surface area contributed by atoms with Crippen molar-refractivity contribution in [3.63, 3.8) is 0 Å². The minimum Gasteiger partial charge on any atom is -0.305 e. The lowest BCUT2D eigenvalue weighted by molar-refractivity contribution is 0.536. The van der Waals surface area contributed by atoms with Crippen LogP contribution in [0.5, 0.6) is 0 Å². The molecule has 3 nitrogen and oxygen atoms in total. The van der Waals surface area contributed by atoms with E-state index in [9.17, 15) is 0 Å². The van der Waals surface area contributed by atoms with Crippen LogP contribution in [-0.4, -0.2) is 16.3 Å². The SMILES string of the molecule is CCCNC(C=C(C)C)c1cc(CC)nn1CC. The normalized spacial score (nSPS) is 12.5. The summed E-state index contributed by atoms with van der Waals surface area (Å²) in [4.78, 5) is 0. The molecule has 0 radical (unpaired) electrons. The molecule has 1 aromatic rings. The third kappa shape index (κ3) is 3.98. The van der Waals surface area contributed by atoms with E-state index in [1.807, 2.05) is 0 Å². The summed E-state index contributed by atoms with van der Waals surface area (Å²) >= 11 is 0. The molecule has 0 aliphatic heterocycles. The fourth-order valence-electron chi connectivity index (χ4n) is 2.05. The maximum atomic E-state index is 4.63. The molecular formula is C15H27N3. The highest BCUT2D eigenvalue weighted by atomic mass is 15.3. The van der Waals surface area contributed by atoms with Gasteiger partial charge in [-0.3, -0.25) is 4.68 Å². The predicted molar refractivity (Wildman–Crippen MR) is 77.7 cm³/mol. The molecule has 0 saturated heterocycles. The number of allylic oxidation sites excluding steroid dienone is 1. The molecule has 1 atom stereocenters. The van der Waals surface area contributed by atoms with Gasteiger partial charge in [0.1, 0.15) is 0 Å². The summed E-state index contributed by atoms with van der Waals surface area (Å²) in [7, 11) is 0. The Morgan fingerprint density at radius 2 is 2.11 bits per heavy atom. The first-order valence-electron chi connectivity index (χ1n) is 7.07. The molecule has 0 amide bonds. The number of aryl methyl sites for hydroxylation is 2. The average Bonchev–Trinajstić information content (AvgIpc) is 2.77. The average molecular weight is 249 g/mol. The molecule has 1 rings (SSSR count). The van der Waals surface area contributed by atoms with Gasteiger partial charge in [0, 0.05) is 6.54 Å². The van der Waals surface area contributed by atoms with Crippen LogP contribution in [0.4, 0.5) is 0 Å². The maximum absolute atomic E-state index is 4.63. The van der Waals surface area contributed by atoms with Crippen LogP contribution in [0.3, 0.4) is 0 Å². The molecule has 0 saturated carbocycles. The van der Waals surface area contributed by atoms with Gasteiger partial charge < -0.3 is 5.32 Å². The number of rotatable bonds is 7. The Balaban J connectivity index is 3.02. The van der Waals surface area contributed by atoms with E-state index in [4.69, 9.17) is 0 Å². The van der Waals surface area contributed by atoms with Crippen LogP contribution < -0.4 is 5.32 Å². The standard InChI is InChI=1S/C15H27N3/c1-6-9-16-14(10-12(4)5)15-11-13(7-2)17-18(15)8-3/h10-11,14,16H,6-9H2,1-5H3. The monoisotopic (exact) mass is 249 g/mol. The van der Waals surface area contributed by atoms with Crippen LogP contribution in [0, 0.1) is 0 Å². The summed E-state index contributed by atoms with van der Waals surface area (Å²) in [5.74, 6) is 0. The Kier molecular flexibility index (Phi) is 6.13. The van der Waals surface area contributed by atoms with E-state index >= 15 is 0 Å². The van der Waals surface area contributed by atoms with Crippen LogP contribution in [0.1, 0.15) is 58.5 Å². The Morgan fingerprint density at radius 3 is 2.61 bits per heavy atom. The van der Waals surface area contributed by atoms with Crippen molar-refractivity contribution in [3.05, 3.63) is 29.1 Å². The van der Waals surface area contributed by atoms with Gasteiger partial charge in [0.05, 0.1) is 17.4 Å². The van der Waals surface area contributed by atoms with E-state index in [1.165, 1.54) is 17.0 Å². The summed E-state index contributed by atoms with van der Waals surface area (Å²) in [5.41, 5.74) is 3.80. The van der Waals surface area contributed by atoms with E-state index in [-0.39, 0.29) is 6.04 Å².